The first kappa shape index (κ1) is 18.4. The molecule has 5 rings (SSSR count). The molecule has 0 bridgehead atoms. The lowest BCUT2D eigenvalue weighted by Gasteiger charge is -2.12. The lowest BCUT2D eigenvalue weighted by Crippen LogP contribution is -2.01. The number of aryl methyl sites for hydroxylation is 2. The molecule has 0 saturated heterocycles. The van der Waals surface area contributed by atoms with Crippen LogP contribution in [0.3, 0.4) is 0 Å². The number of nitrogens with zero attached hydrogens (tertiary/aromatic N) is 4. The van der Waals surface area contributed by atoms with Crippen LogP contribution in [0.4, 0.5) is 11.5 Å². The molecule has 4 aromatic rings. The van der Waals surface area contributed by atoms with E-state index in [1.54, 1.807) is 19.4 Å². The lowest BCUT2D eigenvalue weighted by atomic mass is 9.97. The fourth-order valence-corrected chi connectivity index (χ4v) is 4.62. The number of nitrogens with one attached hydrogen (secondary N) is 1. The van der Waals surface area contributed by atoms with Crippen molar-refractivity contribution in [1.29, 1.82) is 0 Å². The Hall–Kier alpha value is -3.00. The lowest BCUT2D eigenvalue weighted by molar-refractivity contribution is -0.128. The molecule has 8 heteroatoms. The van der Waals surface area contributed by atoms with Crippen molar-refractivity contribution in [2.45, 2.75) is 32.6 Å². The normalized spacial score (nSPS) is 12.9. The third kappa shape index (κ3) is 3.68. The fraction of sp³-hybridized carbons (Fsp3) is 0.300. The van der Waals surface area contributed by atoms with Crippen molar-refractivity contribution in [1.82, 2.24) is 19.6 Å². The molecule has 4 heterocycles. The highest BCUT2D eigenvalue weighted by molar-refractivity contribution is 7.19. The number of rotatable bonds is 4. The molecule has 28 heavy (non-hydrogen) atoms. The number of carbonyl (C=O) groups is 1. The summed E-state index contributed by atoms with van der Waals surface area (Å²) in [4.78, 5) is 20.8. The van der Waals surface area contributed by atoms with E-state index < -0.39 is 0 Å². The highest BCUT2D eigenvalue weighted by Crippen LogP contribution is 2.38. The summed E-state index contributed by atoms with van der Waals surface area (Å²) >= 11 is 1.82. The van der Waals surface area contributed by atoms with Crippen LogP contribution in [0.5, 0.6) is 0 Å². The predicted octanol–water partition coefficient (Wildman–Crippen LogP) is 4.14. The van der Waals surface area contributed by atoms with E-state index in [0.717, 1.165) is 28.3 Å². The van der Waals surface area contributed by atoms with Gasteiger partial charge in [0.1, 0.15) is 17.0 Å². The second kappa shape index (κ2) is 8.35. The molecule has 0 fully saturated rings. The maximum atomic E-state index is 9.18. The molecular formula is C20H21N5O2S. The van der Waals surface area contributed by atoms with Crippen LogP contribution < -0.4 is 5.32 Å². The second-order valence-electron chi connectivity index (χ2n) is 6.41. The van der Waals surface area contributed by atoms with Crippen LogP contribution in [0.2, 0.25) is 0 Å². The van der Waals surface area contributed by atoms with Crippen molar-refractivity contribution in [3.63, 3.8) is 0 Å². The van der Waals surface area contributed by atoms with Crippen LogP contribution in [0.25, 0.3) is 15.7 Å². The average molecular weight is 395 g/mol. The maximum Gasteiger partial charge on any atom is 0.293 e. The summed E-state index contributed by atoms with van der Waals surface area (Å²) in [7, 11) is 0. The zero-order chi connectivity index (χ0) is 19.3. The van der Waals surface area contributed by atoms with Gasteiger partial charge in [-0.15, -0.1) is 11.3 Å². The fourth-order valence-electron chi connectivity index (χ4n) is 3.39. The van der Waals surface area contributed by atoms with Crippen molar-refractivity contribution in [2.75, 3.05) is 11.9 Å². The Kier molecular flexibility index (Phi) is 5.48. The summed E-state index contributed by atoms with van der Waals surface area (Å²) in [5.41, 5.74) is 3.53. The van der Waals surface area contributed by atoms with Crippen molar-refractivity contribution in [2.24, 2.45) is 0 Å². The van der Waals surface area contributed by atoms with Gasteiger partial charge in [0.25, 0.3) is 6.47 Å². The third-order valence-electron chi connectivity index (χ3n) is 4.65. The van der Waals surface area contributed by atoms with Crippen molar-refractivity contribution < 1.29 is 9.53 Å². The van der Waals surface area contributed by atoms with Gasteiger partial charge < -0.3 is 10.1 Å². The SMILES string of the molecule is CCOC=O.c1nc(Nc2ccn3nccc3c2)c2c3c(sc2n1)CCCC3. The molecule has 0 amide bonds. The first-order valence-corrected chi connectivity index (χ1v) is 10.1. The van der Waals surface area contributed by atoms with Gasteiger partial charge in [0.15, 0.2) is 0 Å². The van der Waals surface area contributed by atoms with Crippen LogP contribution in [-0.4, -0.2) is 32.7 Å². The van der Waals surface area contributed by atoms with Gasteiger partial charge in [0.05, 0.1) is 17.5 Å². The Morgan fingerprint density at radius 3 is 3.00 bits per heavy atom. The molecule has 4 aromatic heterocycles. The minimum Gasteiger partial charge on any atom is -0.468 e. The zero-order valence-electron chi connectivity index (χ0n) is 15.6. The average Bonchev–Trinajstić information content (AvgIpc) is 3.33. The summed E-state index contributed by atoms with van der Waals surface area (Å²) in [6.45, 7) is 2.66. The number of anilines is 2. The van der Waals surface area contributed by atoms with Gasteiger partial charge in [-0.25, -0.2) is 14.5 Å². The summed E-state index contributed by atoms with van der Waals surface area (Å²) in [6, 6.07) is 6.10. The first-order valence-electron chi connectivity index (χ1n) is 9.31. The van der Waals surface area contributed by atoms with Gasteiger partial charge in [0.2, 0.25) is 0 Å². The zero-order valence-corrected chi connectivity index (χ0v) is 16.4. The molecule has 7 nitrogen and oxygen atoms in total. The monoisotopic (exact) mass is 395 g/mol. The van der Waals surface area contributed by atoms with Gasteiger partial charge in [-0.05, 0) is 56.4 Å². The smallest absolute Gasteiger partial charge is 0.293 e. The van der Waals surface area contributed by atoms with Crippen LogP contribution in [0.1, 0.15) is 30.2 Å². The van der Waals surface area contributed by atoms with E-state index in [1.165, 1.54) is 35.1 Å². The van der Waals surface area contributed by atoms with Crippen LogP contribution >= 0.6 is 11.3 Å². The van der Waals surface area contributed by atoms with E-state index in [-0.39, 0.29) is 0 Å². The minimum absolute atomic E-state index is 0.431. The number of fused-ring (bicyclic) bond motifs is 4. The molecule has 1 N–H and O–H groups in total. The predicted molar refractivity (Wildman–Crippen MR) is 110 cm³/mol. The van der Waals surface area contributed by atoms with Crippen LogP contribution in [0.15, 0.2) is 36.9 Å². The van der Waals surface area contributed by atoms with Crippen LogP contribution in [-0.2, 0) is 22.4 Å². The number of pyridine rings is 1. The van der Waals surface area contributed by atoms with Gasteiger partial charge in [-0.2, -0.15) is 5.10 Å². The van der Waals surface area contributed by atoms with Crippen molar-refractivity contribution in [3.05, 3.63) is 47.4 Å². The molecule has 0 atom stereocenters. The number of hydrogen-bond donors (Lipinski definition) is 1. The molecule has 0 unspecified atom stereocenters. The first-order chi connectivity index (χ1) is 13.8. The van der Waals surface area contributed by atoms with E-state index in [9.17, 15) is 4.79 Å². The van der Waals surface area contributed by atoms with Crippen molar-refractivity contribution in [3.8, 4) is 0 Å². The Morgan fingerprint density at radius 2 is 2.18 bits per heavy atom. The third-order valence-corrected chi connectivity index (χ3v) is 5.85. The Labute approximate surface area is 166 Å². The second-order valence-corrected chi connectivity index (χ2v) is 7.49. The molecule has 0 radical (unpaired) electrons. The van der Waals surface area contributed by atoms with Crippen molar-refractivity contribution >= 4 is 45.0 Å². The molecule has 144 valence electrons. The highest BCUT2D eigenvalue weighted by atomic mass is 32.1. The molecule has 0 saturated carbocycles. The van der Waals surface area contributed by atoms with Gasteiger partial charge in [0, 0.05) is 23.0 Å². The highest BCUT2D eigenvalue weighted by Gasteiger charge is 2.19. The summed E-state index contributed by atoms with van der Waals surface area (Å²) < 4.78 is 6.01. The number of hydrogen-bond acceptors (Lipinski definition) is 7. The quantitative estimate of drug-likeness (QED) is 0.523. The Balaban J connectivity index is 0.000000346. The van der Waals surface area contributed by atoms with E-state index >= 15 is 0 Å². The topological polar surface area (TPSA) is 81.4 Å². The molecule has 0 aliphatic heterocycles. The molecular weight excluding hydrogens is 374 g/mol. The van der Waals surface area contributed by atoms with Crippen LogP contribution in [0, 0.1) is 0 Å². The Morgan fingerprint density at radius 1 is 1.29 bits per heavy atom. The number of thiophene rings is 1. The maximum absolute atomic E-state index is 9.18. The molecule has 0 aromatic carbocycles. The van der Waals surface area contributed by atoms with Gasteiger partial charge in [-0.3, -0.25) is 4.79 Å². The summed E-state index contributed by atoms with van der Waals surface area (Å²) in [6.07, 6.45) is 10.3. The van der Waals surface area contributed by atoms with Gasteiger partial charge in [-0.1, -0.05) is 0 Å². The largest absolute Gasteiger partial charge is 0.468 e. The standard InChI is InChI=1S/C17H15N5S.C3H6O2/c1-2-4-14-13(3-1)15-16(18-10-19-17(15)23-14)21-11-6-8-22-12(9-11)5-7-20-22;1-2-5-3-4/h5-10H,1-4H2,(H,18,19,21);3H,2H2,1H3. The molecule has 1 aliphatic carbocycles. The number of ether oxygens (including phenoxy) is 1. The summed E-state index contributed by atoms with van der Waals surface area (Å²) in [5.74, 6) is 0.915. The number of carbonyl (C=O) groups excluding carboxylic acids is 1. The Bertz CT molecular complexity index is 1100. The van der Waals surface area contributed by atoms with E-state index in [4.69, 9.17) is 0 Å². The van der Waals surface area contributed by atoms with E-state index in [1.807, 2.05) is 34.2 Å². The van der Waals surface area contributed by atoms with Gasteiger partial charge >= 0.3 is 0 Å². The minimum atomic E-state index is 0.431. The van der Waals surface area contributed by atoms with E-state index in [0.29, 0.717) is 13.1 Å². The van der Waals surface area contributed by atoms with E-state index in [2.05, 4.69) is 31.2 Å². The molecule has 0 spiro atoms. The molecule has 1 aliphatic rings. The number of aromatic nitrogens is 4. The summed E-state index contributed by atoms with van der Waals surface area (Å²) in [5, 5.41) is 8.92.